The lowest BCUT2D eigenvalue weighted by Gasteiger charge is -2.37. The summed E-state index contributed by atoms with van der Waals surface area (Å²) in [6.07, 6.45) is 2.66. The number of aryl methyl sites for hydroxylation is 1. The van der Waals surface area contributed by atoms with Gasteiger partial charge in [0.25, 0.3) is 11.5 Å². The molecule has 0 radical (unpaired) electrons. The number of aromatic nitrogens is 1. The van der Waals surface area contributed by atoms with Crippen molar-refractivity contribution >= 4 is 34.8 Å². The topological polar surface area (TPSA) is 108 Å². The van der Waals surface area contributed by atoms with Gasteiger partial charge in [-0.2, -0.15) is 0 Å². The van der Waals surface area contributed by atoms with Crippen LogP contribution in [0.1, 0.15) is 35.7 Å². The highest BCUT2D eigenvalue weighted by molar-refractivity contribution is 6.30. The summed E-state index contributed by atoms with van der Waals surface area (Å²) in [7, 11) is 0. The molecule has 8 heteroatoms. The Morgan fingerprint density at radius 2 is 2.04 bits per heavy atom. The standard InChI is InChI=1S/C20H23ClN4O3/c1-11-3-6-16(22)15(7-11)20(28)25-10-13(5-4-12(25)2)18(26)24-17-8-14(21)9-23-19(17)27/h3,6-9,12-13H,4-5,10,22H2,1-2H3,(H,23,27)(H,24,26)/t12-,13?/m1/s1. The fourth-order valence-electron chi connectivity index (χ4n) is 3.40. The summed E-state index contributed by atoms with van der Waals surface area (Å²) in [6, 6.07) is 6.72. The van der Waals surface area contributed by atoms with Gasteiger partial charge >= 0.3 is 0 Å². The van der Waals surface area contributed by atoms with E-state index < -0.39 is 11.5 Å². The normalized spacial score (nSPS) is 19.3. The molecule has 1 saturated heterocycles. The van der Waals surface area contributed by atoms with Gasteiger partial charge in [0, 0.05) is 24.5 Å². The van der Waals surface area contributed by atoms with Gasteiger partial charge in [0.05, 0.1) is 16.5 Å². The van der Waals surface area contributed by atoms with Gasteiger partial charge < -0.3 is 20.9 Å². The molecule has 1 aromatic carbocycles. The minimum atomic E-state index is -0.428. The van der Waals surface area contributed by atoms with E-state index in [0.29, 0.717) is 29.1 Å². The molecule has 1 fully saturated rings. The molecule has 0 saturated carbocycles. The lowest BCUT2D eigenvalue weighted by Crippen LogP contribution is -2.48. The van der Waals surface area contributed by atoms with Crippen molar-refractivity contribution in [3.05, 3.63) is 57.0 Å². The highest BCUT2D eigenvalue weighted by atomic mass is 35.5. The predicted octanol–water partition coefficient (Wildman–Crippen LogP) is 2.80. The molecule has 3 rings (SSSR count). The fraction of sp³-hybridized carbons (Fsp3) is 0.350. The van der Waals surface area contributed by atoms with E-state index in [9.17, 15) is 14.4 Å². The zero-order chi connectivity index (χ0) is 20.4. The van der Waals surface area contributed by atoms with E-state index >= 15 is 0 Å². The Bertz CT molecular complexity index is 972. The predicted molar refractivity (Wildman–Crippen MR) is 110 cm³/mol. The van der Waals surface area contributed by atoms with Crippen LogP contribution in [0.15, 0.2) is 35.3 Å². The number of rotatable bonds is 3. The second kappa shape index (κ2) is 8.06. The molecule has 1 aliphatic heterocycles. The van der Waals surface area contributed by atoms with Gasteiger partial charge in [-0.1, -0.05) is 23.2 Å². The number of amides is 2. The third kappa shape index (κ3) is 4.20. The van der Waals surface area contributed by atoms with E-state index in [4.69, 9.17) is 17.3 Å². The lowest BCUT2D eigenvalue weighted by atomic mass is 9.91. The van der Waals surface area contributed by atoms with Crippen LogP contribution in [0.4, 0.5) is 11.4 Å². The van der Waals surface area contributed by atoms with Crippen molar-refractivity contribution in [2.24, 2.45) is 5.92 Å². The molecule has 2 heterocycles. The number of pyridine rings is 1. The maximum Gasteiger partial charge on any atom is 0.271 e. The van der Waals surface area contributed by atoms with Crippen LogP contribution in [0.2, 0.25) is 5.02 Å². The van der Waals surface area contributed by atoms with E-state index in [-0.39, 0.29) is 30.1 Å². The van der Waals surface area contributed by atoms with Crippen LogP contribution in [-0.4, -0.2) is 34.3 Å². The largest absolute Gasteiger partial charge is 0.398 e. The molecule has 4 N–H and O–H groups in total. The molecular formula is C20H23ClN4O3. The Morgan fingerprint density at radius 3 is 2.79 bits per heavy atom. The van der Waals surface area contributed by atoms with Gasteiger partial charge in [-0.05, 0) is 44.9 Å². The van der Waals surface area contributed by atoms with Crippen LogP contribution in [0.5, 0.6) is 0 Å². The number of nitrogens with zero attached hydrogens (tertiary/aromatic N) is 1. The van der Waals surface area contributed by atoms with Crippen molar-refractivity contribution in [2.45, 2.75) is 32.7 Å². The van der Waals surface area contributed by atoms with Gasteiger partial charge in [0.1, 0.15) is 5.69 Å². The van der Waals surface area contributed by atoms with Crippen LogP contribution in [-0.2, 0) is 4.79 Å². The van der Waals surface area contributed by atoms with Crippen LogP contribution in [0.25, 0.3) is 0 Å². The van der Waals surface area contributed by atoms with Gasteiger partial charge in [-0.15, -0.1) is 0 Å². The third-order valence-corrected chi connectivity index (χ3v) is 5.30. The first kappa shape index (κ1) is 19.9. The summed E-state index contributed by atoms with van der Waals surface area (Å²) < 4.78 is 0. The Kier molecular flexibility index (Phi) is 5.74. The summed E-state index contributed by atoms with van der Waals surface area (Å²) in [5, 5.41) is 2.94. The maximum absolute atomic E-state index is 13.1. The minimum Gasteiger partial charge on any atom is -0.398 e. The number of nitrogens with one attached hydrogen (secondary N) is 2. The quantitative estimate of drug-likeness (QED) is 0.686. The minimum absolute atomic E-state index is 0.00830. The molecule has 0 spiro atoms. The summed E-state index contributed by atoms with van der Waals surface area (Å²) in [6.45, 7) is 4.12. The number of anilines is 2. The molecule has 0 bridgehead atoms. The summed E-state index contributed by atoms with van der Waals surface area (Å²) in [5.41, 5.74) is 7.46. The number of carbonyl (C=O) groups excluding carboxylic acids is 2. The summed E-state index contributed by atoms with van der Waals surface area (Å²) in [4.78, 5) is 41.7. The van der Waals surface area contributed by atoms with Crippen LogP contribution in [0.3, 0.4) is 0 Å². The fourth-order valence-corrected chi connectivity index (χ4v) is 3.56. The number of likely N-dealkylation sites (tertiary alicyclic amines) is 1. The number of hydrogen-bond donors (Lipinski definition) is 3. The van der Waals surface area contributed by atoms with Crippen molar-refractivity contribution in [3.8, 4) is 0 Å². The first-order valence-electron chi connectivity index (χ1n) is 9.12. The Balaban J connectivity index is 1.77. The molecule has 0 aliphatic carbocycles. The lowest BCUT2D eigenvalue weighted by molar-refractivity contribution is -0.121. The highest BCUT2D eigenvalue weighted by Crippen LogP contribution is 2.26. The number of piperidine rings is 1. The number of benzene rings is 1. The van der Waals surface area contributed by atoms with Crippen molar-refractivity contribution in [3.63, 3.8) is 0 Å². The van der Waals surface area contributed by atoms with Crippen LogP contribution in [0, 0.1) is 12.8 Å². The number of aromatic amines is 1. The second-order valence-electron chi connectivity index (χ2n) is 7.22. The molecule has 148 valence electrons. The highest BCUT2D eigenvalue weighted by Gasteiger charge is 2.34. The second-order valence-corrected chi connectivity index (χ2v) is 7.66. The Hall–Kier alpha value is -2.80. The van der Waals surface area contributed by atoms with Crippen LogP contribution >= 0.6 is 11.6 Å². The van der Waals surface area contributed by atoms with E-state index in [1.807, 2.05) is 19.9 Å². The van der Waals surface area contributed by atoms with E-state index in [0.717, 1.165) is 5.56 Å². The van der Waals surface area contributed by atoms with Crippen LogP contribution < -0.4 is 16.6 Å². The molecule has 1 aliphatic rings. The molecule has 1 aromatic heterocycles. The smallest absolute Gasteiger partial charge is 0.271 e. The van der Waals surface area contributed by atoms with E-state index in [2.05, 4.69) is 10.3 Å². The maximum atomic E-state index is 13.1. The zero-order valence-corrected chi connectivity index (χ0v) is 16.5. The number of H-pyrrole nitrogens is 1. The first-order valence-corrected chi connectivity index (χ1v) is 9.50. The number of nitrogens with two attached hydrogens (primary N) is 1. The molecular weight excluding hydrogens is 380 g/mol. The number of carbonyl (C=O) groups is 2. The molecule has 2 atom stereocenters. The number of hydrogen-bond acceptors (Lipinski definition) is 4. The summed E-state index contributed by atoms with van der Waals surface area (Å²) >= 11 is 5.88. The molecule has 2 amide bonds. The van der Waals surface area contributed by atoms with Crippen molar-refractivity contribution in [1.82, 2.24) is 9.88 Å². The Labute approximate surface area is 167 Å². The zero-order valence-electron chi connectivity index (χ0n) is 15.8. The van der Waals surface area contributed by atoms with Gasteiger partial charge in [0.2, 0.25) is 5.91 Å². The SMILES string of the molecule is Cc1ccc(N)c(C(=O)N2CC(C(=O)Nc3cc(Cl)c[nH]c3=O)CC[C@H]2C)c1. The number of nitrogen functional groups attached to an aromatic ring is 1. The van der Waals surface area contributed by atoms with Crippen molar-refractivity contribution in [1.29, 1.82) is 0 Å². The molecule has 2 aromatic rings. The number of halogens is 1. The van der Waals surface area contributed by atoms with E-state index in [1.165, 1.54) is 12.3 Å². The first-order chi connectivity index (χ1) is 13.3. The van der Waals surface area contributed by atoms with Gasteiger partial charge in [0.15, 0.2) is 0 Å². The van der Waals surface area contributed by atoms with E-state index in [1.54, 1.807) is 17.0 Å². The average Bonchev–Trinajstić information content (AvgIpc) is 2.66. The van der Waals surface area contributed by atoms with Crippen molar-refractivity contribution in [2.75, 3.05) is 17.6 Å². The molecule has 7 nitrogen and oxygen atoms in total. The third-order valence-electron chi connectivity index (χ3n) is 5.08. The summed E-state index contributed by atoms with van der Waals surface area (Å²) in [5.74, 6) is -0.925. The Morgan fingerprint density at radius 1 is 1.29 bits per heavy atom. The average molecular weight is 403 g/mol. The van der Waals surface area contributed by atoms with Gasteiger partial charge in [-0.3, -0.25) is 14.4 Å². The monoisotopic (exact) mass is 402 g/mol. The van der Waals surface area contributed by atoms with Crippen molar-refractivity contribution < 1.29 is 9.59 Å². The molecule has 1 unspecified atom stereocenters. The van der Waals surface area contributed by atoms with Gasteiger partial charge in [-0.25, -0.2) is 0 Å². The molecule has 28 heavy (non-hydrogen) atoms.